The van der Waals surface area contributed by atoms with Crippen molar-refractivity contribution in [1.29, 1.82) is 0 Å². The summed E-state index contributed by atoms with van der Waals surface area (Å²) in [6.07, 6.45) is 0. The average Bonchev–Trinajstić information content (AvgIpc) is 3.79. The molecule has 0 N–H and O–H groups in total. The molecular formula is C44H24N4S. The maximum atomic E-state index is 5.49. The highest BCUT2D eigenvalue weighted by molar-refractivity contribution is 7.26. The van der Waals surface area contributed by atoms with Crippen LogP contribution >= 0.6 is 11.3 Å². The third-order valence-corrected chi connectivity index (χ3v) is 11.7. The van der Waals surface area contributed by atoms with Crippen LogP contribution in [-0.4, -0.2) is 18.9 Å². The molecule has 0 aliphatic carbocycles. The van der Waals surface area contributed by atoms with E-state index in [2.05, 4.69) is 142 Å². The van der Waals surface area contributed by atoms with Crippen molar-refractivity contribution in [2.75, 3.05) is 0 Å². The molecule has 5 heteroatoms. The normalized spacial score (nSPS) is 12.5. The van der Waals surface area contributed by atoms with E-state index in [4.69, 9.17) is 9.97 Å². The average molecular weight is 641 g/mol. The smallest absolute Gasteiger partial charge is 0.165 e. The van der Waals surface area contributed by atoms with Crippen LogP contribution in [0.15, 0.2) is 146 Å². The van der Waals surface area contributed by atoms with Gasteiger partial charge in [0.1, 0.15) is 5.69 Å². The van der Waals surface area contributed by atoms with Crippen molar-refractivity contribution in [2.45, 2.75) is 0 Å². The van der Waals surface area contributed by atoms with Crippen molar-refractivity contribution in [3.05, 3.63) is 146 Å². The van der Waals surface area contributed by atoms with Gasteiger partial charge in [0.25, 0.3) is 0 Å². The van der Waals surface area contributed by atoms with Gasteiger partial charge < -0.3 is 4.40 Å². The minimum atomic E-state index is 0.844. The summed E-state index contributed by atoms with van der Waals surface area (Å²) in [5, 5.41) is 10.0. The quantitative estimate of drug-likeness (QED) is 0.188. The van der Waals surface area contributed by atoms with E-state index in [9.17, 15) is 0 Å². The van der Waals surface area contributed by atoms with Crippen LogP contribution in [0.3, 0.4) is 0 Å². The third kappa shape index (κ3) is 3.23. The van der Waals surface area contributed by atoms with Gasteiger partial charge in [-0.2, -0.15) is 0 Å². The summed E-state index contributed by atoms with van der Waals surface area (Å²) in [6, 6.07) is 52.5. The second kappa shape index (κ2) is 9.19. The molecule has 5 aromatic heterocycles. The zero-order valence-corrected chi connectivity index (χ0v) is 26.9. The Bertz CT molecular complexity index is 3340. The molecule has 0 saturated heterocycles. The maximum absolute atomic E-state index is 5.49. The highest BCUT2D eigenvalue weighted by Gasteiger charge is 2.26. The number of thiophene rings is 1. The first-order valence-electron chi connectivity index (χ1n) is 16.6. The van der Waals surface area contributed by atoms with E-state index in [-0.39, 0.29) is 0 Å². The van der Waals surface area contributed by atoms with Crippen LogP contribution in [0.4, 0.5) is 0 Å². The Hall–Kier alpha value is -6.30. The largest absolute Gasteiger partial charge is 0.308 e. The molecule has 0 amide bonds. The van der Waals surface area contributed by atoms with E-state index in [1.165, 1.54) is 69.0 Å². The molecule has 226 valence electrons. The lowest BCUT2D eigenvalue weighted by atomic mass is 10.0. The Labute approximate surface area is 283 Å². The summed E-state index contributed by atoms with van der Waals surface area (Å²) in [7, 11) is 0. The summed E-state index contributed by atoms with van der Waals surface area (Å²) in [6.45, 7) is 0. The van der Waals surface area contributed by atoms with Gasteiger partial charge in [-0.05, 0) is 47.9 Å². The van der Waals surface area contributed by atoms with E-state index in [0.717, 1.165) is 39.1 Å². The zero-order chi connectivity index (χ0) is 31.8. The minimum absolute atomic E-state index is 0.844. The van der Waals surface area contributed by atoms with Crippen LogP contribution in [-0.2, 0) is 0 Å². The first kappa shape index (κ1) is 25.7. The fraction of sp³-hybridized carbons (Fsp3) is 0. The van der Waals surface area contributed by atoms with Crippen LogP contribution in [0.25, 0.3) is 108 Å². The van der Waals surface area contributed by atoms with E-state index >= 15 is 0 Å². The molecule has 0 aliphatic rings. The Morgan fingerprint density at radius 2 is 1.04 bits per heavy atom. The zero-order valence-electron chi connectivity index (χ0n) is 26.1. The molecule has 5 heterocycles. The number of hydrogen-bond donors (Lipinski definition) is 0. The molecule has 0 spiro atoms. The standard InChI is InChI=1S/C44H24N4S/c1-6-19-34-25(11-1)28-14-10-21-36-39(28)40-37(24-23-29-26-12-2-7-20-35(26)47(34)42(29)40)48(36)44-41(45-32-17-4-5-18-33(32)46-44)31-16-9-15-30-27-13-3-8-22-38(27)49-43(30)31/h1-24H. The monoisotopic (exact) mass is 640 g/mol. The lowest BCUT2D eigenvalue weighted by molar-refractivity contribution is 1.08. The van der Waals surface area contributed by atoms with Crippen molar-refractivity contribution in [1.82, 2.24) is 18.9 Å². The summed E-state index contributed by atoms with van der Waals surface area (Å²) in [4.78, 5) is 10.9. The van der Waals surface area contributed by atoms with Crippen LogP contribution < -0.4 is 0 Å². The van der Waals surface area contributed by atoms with Gasteiger partial charge >= 0.3 is 0 Å². The topological polar surface area (TPSA) is 35.1 Å². The van der Waals surface area contributed by atoms with E-state index in [1.807, 2.05) is 23.5 Å². The van der Waals surface area contributed by atoms with Crippen molar-refractivity contribution >= 4 is 102 Å². The van der Waals surface area contributed by atoms with Gasteiger partial charge in [-0.15, -0.1) is 11.3 Å². The van der Waals surface area contributed by atoms with Crippen molar-refractivity contribution in [3.8, 4) is 17.1 Å². The van der Waals surface area contributed by atoms with E-state index in [1.54, 1.807) is 0 Å². The molecule has 49 heavy (non-hydrogen) atoms. The minimum Gasteiger partial charge on any atom is -0.308 e. The number of nitrogens with zero attached hydrogens (tertiary/aromatic N) is 4. The van der Waals surface area contributed by atoms with Crippen LogP contribution in [0.5, 0.6) is 0 Å². The Morgan fingerprint density at radius 3 is 1.88 bits per heavy atom. The number of para-hydroxylation sites is 4. The fourth-order valence-corrected chi connectivity index (χ4v) is 9.68. The van der Waals surface area contributed by atoms with Gasteiger partial charge in [0.15, 0.2) is 5.82 Å². The second-order valence-electron chi connectivity index (χ2n) is 12.9. The summed E-state index contributed by atoms with van der Waals surface area (Å²) >= 11 is 1.83. The number of rotatable bonds is 2. The summed E-state index contributed by atoms with van der Waals surface area (Å²) in [5.74, 6) is 0.844. The molecule has 0 bridgehead atoms. The molecule has 4 nitrogen and oxygen atoms in total. The van der Waals surface area contributed by atoms with Crippen molar-refractivity contribution in [2.24, 2.45) is 0 Å². The highest BCUT2D eigenvalue weighted by atomic mass is 32.1. The summed E-state index contributed by atoms with van der Waals surface area (Å²) in [5.41, 5.74) is 9.67. The van der Waals surface area contributed by atoms with Gasteiger partial charge in [0, 0.05) is 52.7 Å². The molecule has 0 saturated carbocycles. The van der Waals surface area contributed by atoms with Gasteiger partial charge in [-0.25, -0.2) is 9.97 Å². The fourth-order valence-electron chi connectivity index (χ4n) is 8.46. The molecule has 0 fully saturated rings. The van der Waals surface area contributed by atoms with Crippen LogP contribution in [0, 0.1) is 0 Å². The van der Waals surface area contributed by atoms with Gasteiger partial charge in [-0.1, -0.05) is 103 Å². The predicted molar refractivity (Wildman–Crippen MR) is 207 cm³/mol. The molecular weight excluding hydrogens is 617 g/mol. The van der Waals surface area contributed by atoms with Gasteiger partial charge in [0.2, 0.25) is 0 Å². The van der Waals surface area contributed by atoms with Crippen LogP contribution in [0.2, 0.25) is 0 Å². The number of fused-ring (bicyclic) bond motifs is 10. The number of hydrogen-bond acceptors (Lipinski definition) is 3. The van der Waals surface area contributed by atoms with Crippen LogP contribution in [0.1, 0.15) is 0 Å². The van der Waals surface area contributed by atoms with E-state index < -0.39 is 0 Å². The lowest BCUT2D eigenvalue weighted by Gasteiger charge is -2.14. The third-order valence-electron chi connectivity index (χ3n) is 10.4. The Kier molecular flexibility index (Phi) is 4.83. The molecule has 12 aromatic rings. The van der Waals surface area contributed by atoms with Gasteiger partial charge in [0.05, 0.1) is 38.6 Å². The molecule has 12 rings (SSSR count). The molecule has 0 atom stereocenters. The van der Waals surface area contributed by atoms with E-state index in [0.29, 0.717) is 0 Å². The molecule has 0 aliphatic heterocycles. The lowest BCUT2D eigenvalue weighted by Crippen LogP contribution is -2.04. The Morgan fingerprint density at radius 1 is 0.429 bits per heavy atom. The SMILES string of the molecule is c1ccc2nc(-n3c4cccc5c6ccccc6n6c7ccccc7c7ccc3c(c54)c76)c(-c3cccc4c3sc3ccccc34)nc2c1. The molecule has 0 radical (unpaired) electrons. The van der Waals surface area contributed by atoms with Crippen molar-refractivity contribution in [3.63, 3.8) is 0 Å². The van der Waals surface area contributed by atoms with Crippen molar-refractivity contribution < 1.29 is 0 Å². The number of benzene rings is 7. The first-order valence-corrected chi connectivity index (χ1v) is 17.4. The first-order chi connectivity index (χ1) is 24.3. The second-order valence-corrected chi connectivity index (χ2v) is 14.0. The number of aromatic nitrogens is 4. The summed E-state index contributed by atoms with van der Waals surface area (Å²) < 4.78 is 7.37. The Balaban J connectivity index is 1.32. The maximum Gasteiger partial charge on any atom is 0.165 e. The van der Waals surface area contributed by atoms with Gasteiger partial charge in [-0.3, -0.25) is 4.57 Å². The highest BCUT2D eigenvalue weighted by Crippen LogP contribution is 2.47. The molecule has 7 aromatic carbocycles. The molecule has 0 unspecified atom stereocenters. The predicted octanol–water partition coefficient (Wildman–Crippen LogP) is 11.9.